The van der Waals surface area contributed by atoms with Gasteiger partial charge in [-0.1, -0.05) is 0 Å². The highest BCUT2D eigenvalue weighted by atomic mass is 31.2. The van der Waals surface area contributed by atoms with E-state index in [0.29, 0.717) is 17.0 Å². The fraction of sp³-hybridized carbons (Fsp3) is 0.545. The number of rotatable bonds is 7. The van der Waals surface area contributed by atoms with Crippen LogP contribution in [0.1, 0.15) is 0 Å². The van der Waals surface area contributed by atoms with Gasteiger partial charge in [0.2, 0.25) is 0 Å². The summed E-state index contributed by atoms with van der Waals surface area (Å²) in [6.07, 6.45) is 1.27. The van der Waals surface area contributed by atoms with Crippen molar-refractivity contribution in [3.63, 3.8) is 0 Å². The Bertz CT molecular complexity index is 685. The molecule has 0 radical (unpaired) electrons. The number of aliphatic hydroxyl groups is 1. The molecule has 3 N–H and O–H groups in total. The molecular weight excluding hydrogens is 313 g/mol. The summed E-state index contributed by atoms with van der Waals surface area (Å²) in [7, 11) is -0.568. The molecule has 0 saturated heterocycles. The van der Waals surface area contributed by atoms with E-state index in [9.17, 15) is 9.67 Å². The average molecular weight is 331 g/mol. The summed E-state index contributed by atoms with van der Waals surface area (Å²) in [4.78, 5) is 31.6. The fourth-order valence-electron chi connectivity index (χ4n) is 1.95. The third-order valence-corrected chi connectivity index (χ3v) is 3.31. The maximum atomic E-state index is 10.7. The van der Waals surface area contributed by atoms with Crippen LogP contribution in [0.3, 0.4) is 0 Å². The molecule has 22 heavy (non-hydrogen) atoms. The van der Waals surface area contributed by atoms with Gasteiger partial charge in [0.25, 0.3) is 0 Å². The van der Waals surface area contributed by atoms with Crippen LogP contribution < -0.4 is 4.90 Å². The number of ether oxygens (including phenoxy) is 1. The number of aliphatic hydroxyl groups excluding tert-OH is 1. The zero-order chi connectivity index (χ0) is 16.3. The Hall–Kier alpha value is -1.58. The van der Waals surface area contributed by atoms with E-state index in [0.717, 1.165) is 0 Å². The van der Waals surface area contributed by atoms with E-state index >= 15 is 0 Å². The first-order valence-corrected chi connectivity index (χ1v) is 8.21. The zero-order valence-corrected chi connectivity index (χ0v) is 13.1. The molecule has 1 atom stereocenters. The highest BCUT2D eigenvalue weighted by Gasteiger charge is 2.17. The summed E-state index contributed by atoms with van der Waals surface area (Å²) >= 11 is 0. The maximum Gasteiger partial charge on any atom is 0.350 e. The van der Waals surface area contributed by atoms with Gasteiger partial charge in [0, 0.05) is 14.1 Å². The lowest BCUT2D eigenvalue weighted by molar-refractivity contribution is 0.0414. The molecule has 0 fully saturated rings. The van der Waals surface area contributed by atoms with Gasteiger partial charge in [-0.05, 0) is 0 Å². The molecule has 122 valence electrons. The number of hydrogen-bond donors (Lipinski definition) is 3. The van der Waals surface area contributed by atoms with Crippen molar-refractivity contribution in [1.82, 2.24) is 19.5 Å². The van der Waals surface area contributed by atoms with E-state index in [1.807, 2.05) is 14.1 Å². The molecule has 0 aromatic carbocycles. The predicted octanol–water partition coefficient (Wildman–Crippen LogP) is -0.595. The average Bonchev–Trinajstić information content (AvgIpc) is 2.80. The number of hydrogen-bond acceptors (Lipinski definition) is 7. The second-order valence-electron chi connectivity index (χ2n) is 4.98. The highest BCUT2D eigenvalue weighted by Crippen LogP contribution is 2.33. The molecule has 10 nitrogen and oxygen atoms in total. The van der Waals surface area contributed by atoms with Crippen molar-refractivity contribution in [3.05, 3.63) is 12.7 Å². The molecule has 2 aromatic heterocycles. The number of nitrogens with zero attached hydrogens (tertiary/aromatic N) is 5. The van der Waals surface area contributed by atoms with Crippen molar-refractivity contribution in [2.24, 2.45) is 0 Å². The molecule has 0 spiro atoms. The van der Waals surface area contributed by atoms with Gasteiger partial charge in [0.05, 0.1) is 25.6 Å². The minimum absolute atomic E-state index is 0.145. The highest BCUT2D eigenvalue weighted by molar-refractivity contribution is 7.51. The molecule has 11 heteroatoms. The van der Waals surface area contributed by atoms with Crippen LogP contribution in [0.4, 0.5) is 5.82 Å². The summed E-state index contributed by atoms with van der Waals surface area (Å²) < 4.78 is 17.2. The Kier molecular flexibility index (Phi) is 5.09. The van der Waals surface area contributed by atoms with Crippen LogP contribution in [0.2, 0.25) is 0 Å². The third-order valence-electron chi connectivity index (χ3n) is 2.79. The van der Waals surface area contributed by atoms with Gasteiger partial charge in [0.1, 0.15) is 18.2 Å². The summed E-state index contributed by atoms with van der Waals surface area (Å²) in [6.45, 7) is -0.0539. The molecule has 2 rings (SSSR count). The van der Waals surface area contributed by atoms with E-state index in [1.54, 1.807) is 9.47 Å². The first-order chi connectivity index (χ1) is 10.3. The van der Waals surface area contributed by atoms with Crippen LogP contribution in [-0.4, -0.2) is 67.6 Å². The molecule has 0 aliphatic heterocycles. The van der Waals surface area contributed by atoms with Crippen LogP contribution in [-0.2, 0) is 15.8 Å². The Morgan fingerprint density at radius 3 is 2.73 bits per heavy atom. The number of imidazole rings is 1. The standard InChI is InChI=1S/C11H18N5O5P/c1-15(2)11-9-10(12-5-13-11)14-6-16(9)3-8(17)4-21-7-22(18,19)20/h5-6,8,17H,3-4,7H2,1-2H3,(H2,18,19,20). The van der Waals surface area contributed by atoms with E-state index in [1.165, 1.54) is 12.7 Å². The van der Waals surface area contributed by atoms with Crippen LogP contribution in [0.15, 0.2) is 12.7 Å². The maximum absolute atomic E-state index is 10.7. The zero-order valence-electron chi connectivity index (χ0n) is 12.2. The lowest BCUT2D eigenvalue weighted by atomic mass is 10.3. The molecule has 2 aromatic rings. The normalized spacial score (nSPS) is 13.5. The first-order valence-electron chi connectivity index (χ1n) is 6.41. The van der Waals surface area contributed by atoms with E-state index in [4.69, 9.17) is 14.5 Å². The minimum Gasteiger partial charge on any atom is -0.389 e. The lowest BCUT2D eigenvalue weighted by Gasteiger charge is -2.16. The smallest absolute Gasteiger partial charge is 0.350 e. The largest absolute Gasteiger partial charge is 0.389 e. The van der Waals surface area contributed by atoms with Gasteiger partial charge in [0.15, 0.2) is 11.5 Å². The predicted molar refractivity (Wildman–Crippen MR) is 78.5 cm³/mol. The van der Waals surface area contributed by atoms with E-state index in [-0.39, 0.29) is 13.2 Å². The first kappa shape index (κ1) is 16.8. The van der Waals surface area contributed by atoms with Crippen LogP contribution in [0.25, 0.3) is 11.2 Å². The van der Waals surface area contributed by atoms with Gasteiger partial charge in [-0.15, -0.1) is 0 Å². The molecule has 1 unspecified atom stereocenters. The summed E-state index contributed by atoms with van der Waals surface area (Å²) in [5, 5.41) is 9.93. The molecule has 0 aliphatic carbocycles. The number of anilines is 1. The van der Waals surface area contributed by atoms with Crippen LogP contribution in [0.5, 0.6) is 0 Å². The number of fused-ring (bicyclic) bond motifs is 1. The third kappa shape index (κ3) is 4.21. The van der Waals surface area contributed by atoms with Gasteiger partial charge in [-0.25, -0.2) is 15.0 Å². The number of aromatic nitrogens is 4. The molecular formula is C11H18N5O5P. The summed E-state index contributed by atoms with van der Waals surface area (Å²) in [5.41, 5.74) is 1.17. The summed E-state index contributed by atoms with van der Waals surface area (Å²) in [6, 6.07) is 0. The second-order valence-corrected chi connectivity index (χ2v) is 6.57. The fourth-order valence-corrected chi connectivity index (χ4v) is 2.29. The Balaban J connectivity index is 2.10. The lowest BCUT2D eigenvalue weighted by Crippen LogP contribution is -2.22. The van der Waals surface area contributed by atoms with Gasteiger partial charge in [-0.3, -0.25) is 4.57 Å². The Labute approximate surface area is 126 Å². The minimum atomic E-state index is -4.23. The Morgan fingerprint density at radius 1 is 1.36 bits per heavy atom. The molecule has 2 heterocycles. The SMILES string of the molecule is CN(C)c1ncnc2ncn(CC(O)COCP(=O)(O)O)c12. The second kappa shape index (κ2) is 6.67. The van der Waals surface area contributed by atoms with Crippen molar-refractivity contribution in [1.29, 1.82) is 0 Å². The molecule has 0 amide bonds. The summed E-state index contributed by atoms with van der Waals surface area (Å²) in [5.74, 6) is 0.658. The molecule has 0 aliphatic rings. The van der Waals surface area contributed by atoms with E-state index in [2.05, 4.69) is 15.0 Å². The Morgan fingerprint density at radius 2 is 2.09 bits per heavy atom. The quantitative estimate of drug-likeness (QED) is 0.569. The van der Waals surface area contributed by atoms with Gasteiger partial charge < -0.3 is 29.1 Å². The topological polar surface area (TPSA) is 134 Å². The van der Waals surface area contributed by atoms with Gasteiger partial charge >= 0.3 is 7.60 Å². The van der Waals surface area contributed by atoms with Crippen LogP contribution >= 0.6 is 7.60 Å². The van der Waals surface area contributed by atoms with Crippen LogP contribution in [0, 0.1) is 0 Å². The van der Waals surface area contributed by atoms with E-state index < -0.39 is 20.0 Å². The monoisotopic (exact) mass is 331 g/mol. The van der Waals surface area contributed by atoms with Crippen molar-refractivity contribution in [2.75, 3.05) is 32.0 Å². The molecule has 0 bridgehead atoms. The van der Waals surface area contributed by atoms with Gasteiger partial charge in [-0.2, -0.15) is 0 Å². The van der Waals surface area contributed by atoms with Crippen molar-refractivity contribution >= 4 is 24.6 Å². The molecule has 0 saturated carbocycles. The van der Waals surface area contributed by atoms with Crippen molar-refractivity contribution < 1.29 is 24.2 Å². The van der Waals surface area contributed by atoms with Crippen molar-refractivity contribution in [2.45, 2.75) is 12.6 Å². The van der Waals surface area contributed by atoms with Crippen molar-refractivity contribution in [3.8, 4) is 0 Å².